The summed E-state index contributed by atoms with van der Waals surface area (Å²) in [6.45, 7) is 3.62. The van der Waals surface area contributed by atoms with Crippen LogP contribution in [0.1, 0.15) is 32.1 Å². The molecule has 0 aromatic carbocycles. The zero-order valence-electron chi connectivity index (χ0n) is 10.7. The molecule has 18 heavy (non-hydrogen) atoms. The van der Waals surface area contributed by atoms with E-state index in [0.29, 0.717) is 17.6 Å². The summed E-state index contributed by atoms with van der Waals surface area (Å²) in [6.07, 6.45) is 5.71. The van der Waals surface area contributed by atoms with E-state index < -0.39 is 0 Å². The summed E-state index contributed by atoms with van der Waals surface area (Å²) < 4.78 is 0. The molecular weight excluding hydrogens is 246 g/mol. The Morgan fingerprint density at radius 1 is 1.39 bits per heavy atom. The summed E-state index contributed by atoms with van der Waals surface area (Å²) in [5, 5.41) is 5.08. The van der Waals surface area contributed by atoms with Gasteiger partial charge in [-0.05, 0) is 31.6 Å². The third kappa shape index (κ3) is 2.99. The van der Waals surface area contributed by atoms with E-state index in [9.17, 15) is 4.79 Å². The zero-order chi connectivity index (χ0) is 12.4. The highest BCUT2D eigenvalue weighted by Gasteiger charge is 2.35. The first-order chi connectivity index (χ1) is 8.83. The molecule has 3 aliphatic rings. The van der Waals surface area contributed by atoms with Gasteiger partial charge in [0.2, 0.25) is 5.91 Å². The molecule has 1 unspecified atom stereocenters. The van der Waals surface area contributed by atoms with Crippen molar-refractivity contribution in [2.24, 2.45) is 10.9 Å². The molecule has 4 nitrogen and oxygen atoms in total. The Labute approximate surface area is 113 Å². The van der Waals surface area contributed by atoms with Gasteiger partial charge in [0.25, 0.3) is 0 Å². The van der Waals surface area contributed by atoms with Crippen LogP contribution < -0.4 is 5.32 Å². The van der Waals surface area contributed by atoms with E-state index in [2.05, 4.69) is 10.3 Å². The van der Waals surface area contributed by atoms with Gasteiger partial charge in [0, 0.05) is 31.3 Å². The summed E-state index contributed by atoms with van der Waals surface area (Å²) in [7, 11) is 0. The fourth-order valence-electron chi connectivity index (χ4n) is 2.60. The van der Waals surface area contributed by atoms with Gasteiger partial charge in [-0.2, -0.15) is 0 Å². The largest absolute Gasteiger partial charge is 0.364 e. The Kier molecular flexibility index (Phi) is 3.77. The van der Waals surface area contributed by atoms with Crippen molar-refractivity contribution in [3.63, 3.8) is 0 Å². The SMILES string of the molecule is O=C(CCNC1=NCC(C2CC2)S1)N1CCCC1. The van der Waals surface area contributed by atoms with Crippen LogP contribution in [0.2, 0.25) is 0 Å². The molecule has 0 radical (unpaired) electrons. The van der Waals surface area contributed by atoms with Crippen molar-refractivity contribution in [3.8, 4) is 0 Å². The maximum atomic E-state index is 11.8. The van der Waals surface area contributed by atoms with Crippen LogP contribution in [0.5, 0.6) is 0 Å². The van der Waals surface area contributed by atoms with Crippen molar-refractivity contribution in [2.45, 2.75) is 37.4 Å². The highest BCUT2D eigenvalue weighted by atomic mass is 32.2. The van der Waals surface area contributed by atoms with E-state index in [0.717, 1.165) is 37.3 Å². The summed E-state index contributed by atoms with van der Waals surface area (Å²) >= 11 is 1.88. The Morgan fingerprint density at radius 3 is 2.89 bits per heavy atom. The van der Waals surface area contributed by atoms with Crippen LogP contribution in [-0.2, 0) is 4.79 Å². The van der Waals surface area contributed by atoms with Crippen LogP contribution in [-0.4, -0.2) is 47.4 Å². The van der Waals surface area contributed by atoms with Gasteiger partial charge in [-0.15, -0.1) is 0 Å². The van der Waals surface area contributed by atoms with Crippen LogP contribution in [0.15, 0.2) is 4.99 Å². The molecule has 0 spiro atoms. The molecule has 1 atom stereocenters. The Balaban J connectivity index is 1.33. The average Bonchev–Trinajstić information content (AvgIpc) is 2.92. The monoisotopic (exact) mass is 267 g/mol. The van der Waals surface area contributed by atoms with E-state index in [1.807, 2.05) is 16.7 Å². The lowest BCUT2D eigenvalue weighted by atomic mass is 10.3. The molecule has 0 aromatic rings. The molecule has 2 aliphatic heterocycles. The van der Waals surface area contributed by atoms with Crippen molar-refractivity contribution < 1.29 is 4.79 Å². The summed E-state index contributed by atoms with van der Waals surface area (Å²) in [5.41, 5.74) is 0. The predicted octanol–water partition coefficient (Wildman–Crippen LogP) is 1.47. The van der Waals surface area contributed by atoms with Crippen LogP contribution in [0, 0.1) is 5.92 Å². The number of nitrogens with zero attached hydrogens (tertiary/aromatic N) is 2. The normalized spacial score (nSPS) is 27.4. The minimum Gasteiger partial charge on any atom is -0.364 e. The lowest BCUT2D eigenvalue weighted by molar-refractivity contribution is -0.129. The number of thioether (sulfide) groups is 1. The van der Waals surface area contributed by atoms with Gasteiger partial charge in [0.1, 0.15) is 0 Å². The second kappa shape index (κ2) is 5.51. The van der Waals surface area contributed by atoms with Gasteiger partial charge in [-0.1, -0.05) is 11.8 Å². The molecular formula is C13H21N3OS. The van der Waals surface area contributed by atoms with Crippen molar-refractivity contribution >= 4 is 22.8 Å². The number of carbonyl (C=O) groups is 1. The van der Waals surface area contributed by atoms with E-state index in [-0.39, 0.29) is 0 Å². The third-order valence-electron chi connectivity index (χ3n) is 3.90. The Bertz CT molecular complexity index is 348. The molecule has 1 amide bonds. The number of hydrogen-bond acceptors (Lipinski definition) is 4. The van der Waals surface area contributed by atoms with Crippen LogP contribution in [0.25, 0.3) is 0 Å². The number of amides is 1. The van der Waals surface area contributed by atoms with Gasteiger partial charge < -0.3 is 10.2 Å². The fraction of sp³-hybridized carbons (Fsp3) is 0.846. The van der Waals surface area contributed by atoms with Gasteiger partial charge in [0.05, 0.1) is 6.54 Å². The minimum absolute atomic E-state index is 0.294. The first-order valence-electron chi connectivity index (χ1n) is 7.06. The van der Waals surface area contributed by atoms with Crippen LogP contribution >= 0.6 is 11.8 Å². The molecule has 3 rings (SSSR count). The van der Waals surface area contributed by atoms with Crippen molar-refractivity contribution in [2.75, 3.05) is 26.2 Å². The van der Waals surface area contributed by atoms with Crippen molar-refractivity contribution in [1.29, 1.82) is 0 Å². The number of hydrogen-bond donors (Lipinski definition) is 1. The summed E-state index contributed by atoms with van der Waals surface area (Å²) in [5.74, 6) is 1.20. The summed E-state index contributed by atoms with van der Waals surface area (Å²) in [4.78, 5) is 18.3. The van der Waals surface area contributed by atoms with Crippen molar-refractivity contribution in [3.05, 3.63) is 0 Å². The second-order valence-corrected chi connectivity index (χ2v) is 6.63. The average molecular weight is 267 g/mol. The van der Waals surface area contributed by atoms with E-state index in [4.69, 9.17) is 0 Å². The molecule has 1 aliphatic carbocycles. The van der Waals surface area contributed by atoms with E-state index in [1.165, 1.54) is 25.7 Å². The van der Waals surface area contributed by atoms with Crippen molar-refractivity contribution in [1.82, 2.24) is 10.2 Å². The molecule has 2 fully saturated rings. The second-order valence-electron chi connectivity index (χ2n) is 5.40. The maximum absolute atomic E-state index is 11.8. The summed E-state index contributed by atoms with van der Waals surface area (Å²) in [6, 6.07) is 0. The highest BCUT2D eigenvalue weighted by molar-refractivity contribution is 8.14. The van der Waals surface area contributed by atoms with Crippen LogP contribution in [0.3, 0.4) is 0 Å². The Hall–Kier alpha value is -0.710. The first-order valence-corrected chi connectivity index (χ1v) is 7.93. The number of aliphatic imine (C=N–C) groups is 1. The first kappa shape index (κ1) is 12.3. The number of rotatable bonds is 4. The van der Waals surface area contributed by atoms with E-state index in [1.54, 1.807) is 0 Å². The molecule has 100 valence electrons. The lowest BCUT2D eigenvalue weighted by Gasteiger charge is -2.15. The lowest BCUT2D eigenvalue weighted by Crippen LogP contribution is -2.31. The number of carbonyl (C=O) groups excluding carboxylic acids is 1. The molecule has 1 saturated heterocycles. The van der Waals surface area contributed by atoms with Gasteiger partial charge in [0.15, 0.2) is 5.17 Å². The number of amidine groups is 1. The molecule has 5 heteroatoms. The van der Waals surface area contributed by atoms with Gasteiger partial charge >= 0.3 is 0 Å². The predicted molar refractivity (Wildman–Crippen MR) is 74.8 cm³/mol. The number of likely N-dealkylation sites (tertiary alicyclic amines) is 1. The Morgan fingerprint density at radius 2 is 2.17 bits per heavy atom. The maximum Gasteiger partial charge on any atom is 0.224 e. The standard InChI is InChI=1S/C13H21N3OS/c17-12(16-7-1-2-8-16)5-6-14-13-15-9-11(18-13)10-3-4-10/h10-11H,1-9H2,(H,14,15). The highest BCUT2D eigenvalue weighted by Crippen LogP contribution is 2.41. The molecule has 1 N–H and O–H groups in total. The topological polar surface area (TPSA) is 44.7 Å². The number of nitrogens with one attached hydrogen (secondary N) is 1. The third-order valence-corrected chi connectivity index (χ3v) is 5.23. The molecule has 0 bridgehead atoms. The van der Waals surface area contributed by atoms with Gasteiger partial charge in [-0.25, -0.2) is 0 Å². The fourth-order valence-corrected chi connectivity index (χ4v) is 3.84. The molecule has 1 saturated carbocycles. The smallest absolute Gasteiger partial charge is 0.224 e. The molecule has 2 heterocycles. The van der Waals surface area contributed by atoms with Crippen LogP contribution in [0.4, 0.5) is 0 Å². The quantitative estimate of drug-likeness (QED) is 0.839. The zero-order valence-corrected chi connectivity index (χ0v) is 11.5. The van der Waals surface area contributed by atoms with Gasteiger partial charge in [-0.3, -0.25) is 9.79 Å². The molecule has 0 aromatic heterocycles. The van der Waals surface area contributed by atoms with E-state index >= 15 is 0 Å². The minimum atomic E-state index is 0.294.